The van der Waals surface area contributed by atoms with Crippen LogP contribution in [0.4, 0.5) is 17.6 Å². The fourth-order valence-electron chi connectivity index (χ4n) is 4.72. The molecule has 0 aromatic heterocycles. The third kappa shape index (κ3) is 9.91. The Balaban J connectivity index is 1.10. The molecule has 1 N–H and O–H groups in total. The minimum atomic E-state index is -0.956. The van der Waals surface area contributed by atoms with Crippen LogP contribution in [0.25, 0.3) is 0 Å². The Morgan fingerprint density at radius 1 is 0.556 bits per heavy atom. The van der Waals surface area contributed by atoms with Gasteiger partial charge in [0.1, 0.15) is 29.0 Å². The van der Waals surface area contributed by atoms with Crippen molar-refractivity contribution in [3.8, 4) is 17.2 Å². The molecule has 5 nitrogen and oxygen atoms in total. The molecule has 0 amide bonds. The van der Waals surface area contributed by atoms with E-state index in [1.807, 2.05) is 0 Å². The number of carbonyl (C=O) groups is 2. The summed E-state index contributed by atoms with van der Waals surface area (Å²) in [7, 11) is 0. The standard InChI is InChI=1S/C35H31BrF4O5/c36-28-16-12-24(20-31(28)39)44-34(42)26-14-10-22(18-29(26)37)8-6-4-2-1-3-5-7-9-23-11-15-27(30(38)19-23)35(43)45-25-13-17-33(41)32(40)21-25/h10-21,41H,1-9H2. The lowest BCUT2D eigenvalue weighted by Crippen LogP contribution is -2.11. The van der Waals surface area contributed by atoms with Crippen molar-refractivity contribution in [3.05, 3.63) is 123 Å². The Bertz CT molecular complexity index is 1540. The van der Waals surface area contributed by atoms with Crippen LogP contribution in [0.1, 0.15) is 76.8 Å². The van der Waals surface area contributed by atoms with E-state index in [0.717, 1.165) is 74.3 Å². The predicted octanol–water partition coefficient (Wildman–Crippen LogP) is 9.67. The lowest BCUT2D eigenvalue weighted by Gasteiger charge is -2.08. The predicted molar refractivity (Wildman–Crippen MR) is 165 cm³/mol. The summed E-state index contributed by atoms with van der Waals surface area (Å²) >= 11 is 3.02. The number of ether oxygens (including phenoxy) is 2. The number of rotatable bonds is 14. The number of phenolic OH excluding ortho intramolecular Hbond substituents is 1. The summed E-state index contributed by atoms with van der Waals surface area (Å²) in [4.78, 5) is 24.6. The largest absolute Gasteiger partial charge is 0.505 e. The van der Waals surface area contributed by atoms with E-state index in [4.69, 9.17) is 9.47 Å². The summed E-state index contributed by atoms with van der Waals surface area (Å²) in [5.41, 5.74) is 1.06. The molecule has 0 saturated heterocycles. The molecule has 0 unspecified atom stereocenters. The molecule has 0 heterocycles. The second-order valence-electron chi connectivity index (χ2n) is 10.6. The number of aromatic hydroxyl groups is 1. The van der Waals surface area contributed by atoms with Crippen molar-refractivity contribution < 1.29 is 41.7 Å². The Kier molecular flexibility index (Phi) is 12.2. The molecule has 10 heteroatoms. The van der Waals surface area contributed by atoms with Gasteiger partial charge in [0.15, 0.2) is 11.6 Å². The summed E-state index contributed by atoms with van der Waals surface area (Å²) < 4.78 is 66.5. The summed E-state index contributed by atoms with van der Waals surface area (Å²) in [5, 5.41) is 9.23. The van der Waals surface area contributed by atoms with Crippen LogP contribution in [0.5, 0.6) is 17.2 Å². The first-order chi connectivity index (χ1) is 21.6. The van der Waals surface area contributed by atoms with Gasteiger partial charge in [-0.15, -0.1) is 0 Å². The number of unbranched alkanes of at least 4 members (excludes halogenated alkanes) is 6. The normalized spacial score (nSPS) is 11.0. The second kappa shape index (κ2) is 16.2. The molecule has 0 radical (unpaired) electrons. The molecule has 0 spiro atoms. The maximum Gasteiger partial charge on any atom is 0.346 e. The Hall–Kier alpha value is -4.18. The third-order valence-electron chi connectivity index (χ3n) is 7.17. The van der Waals surface area contributed by atoms with E-state index in [2.05, 4.69) is 15.9 Å². The van der Waals surface area contributed by atoms with Gasteiger partial charge in [-0.2, -0.15) is 0 Å². The van der Waals surface area contributed by atoms with Crippen molar-refractivity contribution in [2.45, 2.75) is 57.8 Å². The number of halogens is 5. The molecule has 4 rings (SSSR count). The van der Waals surface area contributed by atoms with E-state index in [-0.39, 0.29) is 27.1 Å². The molecule has 0 aliphatic rings. The van der Waals surface area contributed by atoms with Crippen LogP contribution in [-0.4, -0.2) is 17.0 Å². The number of hydrogen-bond donors (Lipinski definition) is 1. The molecule has 4 aromatic carbocycles. The van der Waals surface area contributed by atoms with Gasteiger partial charge in [-0.25, -0.2) is 27.2 Å². The zero-order valence-corrected chi connectivity index (χ0v) is 25.8. The lowest BCUT2D eigenvalue weighted by molar-refractivity contribution is 0.0719. The fraction of sp³-hybridized carbons (Fsp3) is 0.257. The van der Waals surface area contributed by atoms with Gasteiger partial charge in [0.05, 0.1) is 15.6 Å². The molecule has 0 aliphatic carbocycles. The van der Waals surface area contributed by atoms with Gasteiger partial charge < -0.3 is 14.6 Å². The van der Waals surface area contributed by atoms with Crippen molar-refractivity contribution in [1.82, 2.24) is 0 Å². The minimum absolute atomic E-state index is 0.0142. The van der Waals surface area contributed by atoms with Crippen molar-refractivity contribution in [3.63, 3.8) is 0 Å². The Morgan fingerprint density at radius 2 is 1.00 bits per heavy atom. The first-order valence-corrected chi connectivity index (χ1v) is 15.3. The number of aryl methyl sites for hydroxylation is 2. The Morgan fingerprint density at radius 3 is 1.44 bits per heavy atom. The van der Waals surface area contributed by atoms with Crippen LogP contribution in [0, 0.1) is 23.3 Å². The average molecular weight is 688 g/mol. The molecule has 0 fully saturated rings. The van der Waals surface area contributed by atoms with E-state index < -0.39 is 41.0 Å². The van der Waals surface area contributed by atoms with Gasteiger partial charge in [0, 0.05) is 12.1 Å². The summed E-state index contributed by atoms with van der Waals surface area (Å²) in [5.74, 6) is -5.53. The van der Waals surface area contributed by atoms with Crippen molar-refractivity contribution in [1.29, 1.82) is 0 Å². The van der Waals surface area contributed by atoms with E-state index in [1.165, 1.54) is 42.5 Å². The van der Waals surface area contributed by atoms with E-state index in [9.17, 15) is 32.3 Å². The van der Waals surface area contributed by atoms with Gasteiger partial charge in [-0.1, -0.05) is 44.2 Å². The maximum atomic E-state index is 14.6. The lowest BCUT2D eigenvalue weighted by atomic mass is 10.0. The molecule has 0 saturated carbocycles. The number of phenols is 1. The molecule has 45 heavy (non-hydrogen) atoms. The summed E-state index contributed by atoms with van der Waals surface area (Å²) in [6.45, 7) is 0. The molecule has 0 atom stereocenters. The quantitative estimate of drug-likeness (QED) is 0.0619. The molecule has 4 aromatic rings. The number of carbonyl (C=O) groups excluding carboxylic acids is 2. The molecule has 236 valence electrons. The van der Waals surface area contributed by atoms with Gasteiger partial charge in [-0.05, 0) is 101 Å². The number of hydrogen-bond acceptors (Lipinski definition) is 5. The monoisotopic (exact) mass is 686 g/mol. The summed E-state index contributed by atoms with van der Waals surface area (Å²) in [6.07, 6.45) is 8.07. The number of esters is 2. The molecule has 0 bridgehead atoms. The van der Waals surface area contributed by atoms with Crippen LogP contribution in [0.2, 0.25) is 0 Å². The zero-order valence-electron chi connectivity index (χ0n) is 24.3. The van der Waals surface area contributed by atoms with Gasteiger partial charge in [0.25, 0.3) is 0 Å². The van der Waals surface area contributed by atoms with Gasteiger partial charge in [-0.3, -0.25) is 0 Å². The van der Waals surface area contributed by atoms with Gasteiger partial charge in [0.2, 0.25) is 0 Å². The van der Waals surface area contributed by atoms with E-state index in [1.54, 1.807) is 12.1 Å². The molecular weight excluding hydrogens is 656 g/mol. The van der Waals surface area contributed by atoms with E-state index >= 15 is 0 Å². The first-order valence-electron chi connectivity index (χ1n) is 14.6. The summed E-state index contributed by atoms with van der Waals surface area (Å²) in [6, 6.07) is 15.7. The second-order valence-corrected chi connectivity index (χ2v) is 11.4. The average Bonchev–Trinajstić information content (AvgIpc) is 3.00. The maximum absolute atomic E-state index is 14.6. The highest BCUT2D eigenvalue weighted by molar-refractivity contribution is 9.10. The highest BCUT2D eigenvalue weighted by Crippen LogP contribution is 2.24. The van der Waals surface area contributed by atoms with Crippen LogP contribution in [0.3, 0.4) is 0 Å². The minimum Gasteiger partial charge on any atom is -0.505 e. The van der Waals surface area contributed by atoms with Crippen molar-refractivity contribution in [2.75, 3.05) is 0 Å². The fourth-order valence-corrected chi connectivity index (χ4v) is 4.96. The van der Waals surface area contributed by atoms with Gasteiger partial charge >= 0.3 is 11.9 Å². The van der Waals surface area contributed by atoms with Crippen molar-refractivity contribution >= 4 is 27.9 Å². The van der Waals surface area contributed by atoms with Crippen LogP contribution < -0.4 is 9.47 Å². The van der Waals surface area contributed by atoms with Crippen LogP contribution in [-0.2, 0) is 12.8 Å². The first kappa shape index (κ1) is 33.7. The van der Waals surface area contributed by atoms with E-state index in [0.29, 0.717) is 12.8 Å². The van der Waals surface area contributed by atoms with Crippen molar-refractivity contribution in [2.24, 2.45) is 0 Å². The highest BCUT2D eigenvalue weighted by Gasteiger charge is 2.17. The third-order valence-corrected chi connectivity index (χ3v) is 7.81. The topological polar surface area (TPSA) is 72.8 Å². The Labute approximate surface area is 266 Å². The molecule has 0 aliphatic heterocycles. The van der Waals surface area contributed by atoms with Crippen LogP contribution >= 0.6 is 15.9 Å². The number of benzene rings is 4. The molecular formula is C35H31BrF4O5. The SMILES string of the molecule is O=C(Oc1ccc(O)c(F)c1)c1ccc(CCCCCCCCCc2ccc(C(=O)Oc3ccc(Br)c(F)c3)c(F)c2)cc1F. The smallest absolute Gasteiger partial charge is 0.346 e. The highest BCUT2D eigenvalue weighted by atomic mass is 79.9. The zero-order chi connectivity index (χ0) is 32.3. The van der Waals surface area contributed by atoms with Crippen LogP contribution in [0.15, 0.2) is 77.3 Å².